The lowest BCUT2D eigenvalue weighted by molar-refractivity contribution is 0.450. The summed E-state index contributed by atoms with van der Waals surface area (Å²) in [7, 11) is 0. The zero-order valence-corrected chi connectivity index (χ0v) is 23.8. The first-order valence-electron chi connectivity index (χ1n) is 14.9. The van der Waals surface area contributed by atoms with Crippen LogP contribution in [0.1, 0.15) is 62.5 Å². The first-order valence-corrected chi connectivity index (χ1v) is 14.9. The van der Waals surface area contributed by atoms with E-state index in [-0.39, 0.29) is 0 Å². The topological polar surface area (TPSA) is 22.2 Å². The molecule has 7 rings (SSSR count). The van der Waals surface area contributed by atoms with Crippen LogP contribution in [-0.2, 0) is 0 Å². The van der Waals surface area contributed by atoms with E-state index in [0.717, 1.165) is 48.2 Å². The van der Waals surface area contributed by atoms with Crippen LogP contribution in [0, 0.1) is 17.8 Å². The zero-order valence-electron chi connectivity index (χ0n) is 23.8. The number of hydrogen-bond donors (Lipinski definition) is 0. The maximum atomic E-state index is 5.08. The van der Waals surface area contributed by atoms with Crippen LogP contribution in [0.5, 0.6) is 0 Å². The third-order valence-corrected chi connectivity index (χ3v) is 8.75. The molecular weight excluding hydrogens is 498 g/mol. The Balaban J connectivity index is 1.25. The molecule has 41 heavy (non-hydrogen) atoms. The van der Waals surface area contributed by atoms with Crippen molar-refractivity contribution in [1.29, 1.82) is 0 Å². The summed E-state index contributed by atoms with van der Waals surface area (Å²) in [6.07, 6.45) is 6.63. The van der Waals surface area contributed by atoms with Gasteiger partial charge < -0.3 is 0 Å². The SMILES string of the molecule is CC(CC(CC(C)c1cccc(-n2c3ccccc3n3c4ccccc4nc23)c1)C1=CCCC#C1)c1ccccc1. The van der Waals surface area contributed by atoms with E-state index < -0.39 is 0 Å². The van der Waals surface area contributed by atoms with Gasteiger partial charge in [-0.05, 0) is 84.5 Å². The van der Waals surface area contributed by atoms with Gasteiger partial charge >= 0.3 is 0 Å². The van der Waals surface area contributed by atoms with Crippen molar-refractivity contribution in [3.63, 3.8) is 0 Å². The Kier molecular flexibility index (Phi) is 6.69. The summed E-state index contributed by atoms with van der Waals surface area (Å²) in [5, 5.41) is 0. The second-order valence-electron chi connectivity index (χ2n) is 11.5. The van der Waals surface area contributed by atoms with Gasteiger partial charge in [0.1, 0.15) is 0 Å². The van der Waals surface area contributed by atoms with E-state index in [1.54, 1.807) is 0 Å². The van der Waals surface area contributed by atoms with Crippen molar-refractivity contribution in [1.82, 2.24) is 14.0 Å². The van der Waals surface area contributed by atoms with Gasteiger partial charge in [-0.2, -0.15) is 0 Å². The van der Waals surface area contributed by atoms with Crippen molar-refractivity contribution in [2.75, 3.05) is 0 Å². The molecular formula is C38H35N3. The van der Waals surface area contributed by atoms with Crippen LogP contribution in [0.4, 0.5) is 0 Å². The van der Waals surface area contributed by atoms with Gasteiger partial charge in [0.25, 0.3) is 0 Å². The van der Waals surface area contributed by atoms with E-state index >= 15 is 0 Å². The van der Waals surface area contributed by atoms with Gasteiger partial charge in [0.2, 0.25) is 5.78 Å². The molecule has 0 fully saturated rings. The molecule has 4 aromatic carbocycles. The van der Waals surface area contributed by atoms with Gasteiger partial charge in [-0.3, -0.25) is 8.97 Å². The molecule has 3 nitrogen and oxygen atoms in total. The molecule has 202 valence electrons. The number of allylic oxidation sites excluding steroid dienone is 2. The number of aromatic nitrogens is 3. The van der Waals surface area contributed by atoms with Gasteiger partial charge in [-0.25, -0.2) is 4.98 Å². The van der Waals surface area contributed by atoms with Crippen LogP contribution >= 0.6 is 0 Å². The fourth-order valence-corrected chi connectivity index (χ4v) is 6.62. The van der Waals surface area contributed by atoms with Crippen LogP contribution < -0.4 is 0 Å². The summed E-state index contributed by atoms with van der Waals surface area (Å²) in [4.78, 5) is 5.08. The van der Waals surface area contributed by atoms with Crippen molar-refractivity contribution in [2.24, 2.45) is 5.92 Å². The smallest absolute Gasteiger partial charge is 0.220 e. The fraction of sp³-hybridized carbons (Fsp3) is 0.237. The van der Waals surface area contributed by atoms with Crippen molar-refractivity contribution in [3.8, 4) is 17.5 Å². The van der Waals surface area contributed by atoms with E-state index in [2.05, 4.69) is 144 Å². The van der Waals surface area contributed by atoms with Crippen LogP contribution in [0.2, 0.25) is 0 Å². The molecule has 3 atom stereocenters. The van der Waals surface area contributed by atoms with Crippen molar-refractivity contribution >= 4 is 27.8 Å². The number of nitrogens with zero attached hydrogens (tertiary/aromatic N) is 3. The van der Waals surface area contributed by atoms with Gasteiger partial charge in [-0.1, -0.05) is 98.5 Å². The highest BCUT2D eigenvalue weighted by Gasteiger charge is 2.23. The number of rotatable bonds is 8. The number of hydrogen-bond acceptors (Lipinski definition) is 1. The molecule has 0 saturated heterocycles. The first-order chi connectivity index (χ1) is 20.2. The van der Waals surface area contributed by atoms with Gasteiger partial charge in [0, 0.05) is 17.7 Å². The molecule has 0 bridgehead atoms. The average Bonchev–Trinajstić information content (AvgIpc) is 3.56. The van der Waals surface area contributed by atoms with Crippen molar-refractivity contribution in [3.05, 3.63) is 126 Å². The summed E-state index contributed by atoms with van der Waals surface area (Å²) < 4.78 is 4.60. The predicted octanol–water partition coefficient (Wildman–Crippen LogP) is 9.46. The second-order valence-corrected chi connectivity index (χ2v) is 11.5. The Bertz CT molecular complexity index is 1940. The standard InChI is InChI=1S/C38H35N3/c1-27(29-14-5-3-6-15-29)24-32(30-16-7-4-8-17-30)25-28(2)31-18-13-19-33(26-31)40-36-22-11-12-23-37(36)41-35-21-10-9-20-34(35)39-38(40)41/h3,5-6,9-16,18-23,26-28,32H,4,7,24-25H2,1-2H3. The molecule has 0 radical (unpaired) electrons. The molecule has 0 amide bonds. The largest absolute Gasteiger partial charge is 0.278 e. The molecule has 1 aliphatic rings. The van der Waals surface area contributed by atoms with Crippen molar-refractivity contribution in [2.45, 2.75) is 51.4 Å². The highest BCUT2D eigenvalue weighted by molar-refractivity contribution is 5.92. The minimum absolute atomic E-state index is 0.393. The molecule has 6 aromatic rings. The van der Waals surface area contributed by atoms with E-state index in [4.69, 9.17) is 4.98 Å². The molecule has 0 aliphatic heterocycles. The molecule has 0 spiro atoms. The Hall–Kier alpha value is -4.55. The van der Waals surface area contributed by atoms with Gasteiger partial charge in [0.05, 0.1) is 22.1 Å². The minimum atomic E-state index is 0.393. The Morgan fingerprint density at radius 1 is 0.732 bits per heavy atom. The Morgan fingerprint density at radius 2 is 1.41 bits per heavy atom. The highest BCUT2D eigenvalue weighted by atomic mass is 15.2. The van der Waals surface area contributed by atoms with Crippen LogP contribution in [0.15, 0.2) is 115 Å². The number of imidazole rings is 2. The van der Waals surface area contributed by atoms with Crippen LogP contribution in [0.3, 0.4) is 0 Å². The lowest BCUT2D eigenvalue weighted by Crippen LogP contribution is -2.13. The first kappa shape index (κ1) is 25.4. The highest BCUT2D eigenvalue weighted by Crippen LogP contribution is 2.37. The predicted molar refractivity (Wildman–Crippen MR) is 171 cm³/mol. The Morgan fingerprint density at radius 3 is 2.20 bits per heavy atom. The summed E-state index contributed by atoms with van der Waals surface area (Å²) in [5.41, 5.74) is 9.76. The van der Waals surface area contributed by atoms with E-state index in [0.29, 0.717) is 17.8 Å². The Labute approximate surface area is 242 Å². The lowest BCUT2D eigenvalue weighted by atomic mass is 9.78. The summed E-state index contributed by atoms with van der Waals surface area (Å²) in [5.74, 6) is 9.17. The molecule has 2 aromatic heterocycles. The van der Waals surface area contributed by atoms with Crippen LogP contribution in [0.25, 0.3) is 33.5 Å². The number of fused-ring (bicyclic) bond motifs is 5. The maximum absolute atomic E-state index is 5.08. The zero-order chi connectivity index (χ0) is 27.8. The minimum Gasteiger partial charge on any atom is -0.278 e. The van der Waals surface area contributed by atoms with Gasteiger partial charge in [0.15, 0.2) is 0 Å². The maximum Gasteiger partial charge on any atom is 0.220 e. The summed E-state index contributed by atoms with van der Waals surface area (Å²) in [6.45, 7) is 4.74. The van der Waals surface area contributed by atoms with E-state index in [1.165, 1.54) is 27.7 Å². The third kappa shape index (κ3) is 4.74. The van der Waals surface area contributed by atoms with E-state index in [9.17, 15) is 0 Å². The molecule has 3 unspecified atom stereocenters. The van der Waals surface area contributed by atoms with Crippen LogP contribution in [-0.4, -0.2) is 14.0 Å². The molecule has 2 heterocycles. The number of benzene rings is 4. The molecule has 0 N–H and O–H groups in total. The molecule has 0 saturated carbocycles. The average molecular weight is 534 g/mol. The molecule has 1 aliphatic carbocycles. The van der Waals surface area contributed by atoms with Crippen molar-refractivity contribution < 1.29 is 0 Å². The number of para-hydroxylation sites is 4. The normalized spacial score (nSPS) is 15.4. The second kappa shape index (κ2) is 10.8. The monoisotopic (exact) mass is 533 g/mol. The van der Waals surface area contributed by atoms with Gasteiger partial charge in [-0.15, -0.1) is 0 Å². The van der Waals surface area contributed by atoms with E-state index in [1.807, 2.05) is 0 Å². The summed E-state index contributed by atoms with van der Waals surface area (Å²) >= 11 is 0. The molecule has 3 heteroatoms. The third-order valence-electron chi connectivity index (χ3n) is 8.75. The summed E-state index contributed by atoms with van der Waals surface area (Å²) in [6, 6.07) is 37.0. The quantitative estimate of drug-likeness (QED) is 0.179. The lowest BCUT2D eigenvalue weighted by Gasteiger charge is -2.26. The fourth-order valence-electron chi connectivity index (χ4n) is 6.62.